The van der Waals surface area contributed by atoms with Crippen LogP contribution in [-0.4, -0.2) is 71.6 Å². The summed E-state index contributed by atoms with van der Waals surface area (Å²) in [6.07, 6.45) is 1.47. The van der Waals surface area contributed by atoms with Crippen LogP contribution in [0, 0.1) is 5.41 Å². The second-order valence-electron chi connectivity index (χ2n) is 9.59. The minimum atomic E-state index is -4.39. The molecule has 0 unspecified atom stereocenters. The van der Waals surface area contributed by atoms with Gasteiger partial charge in [-0.2, -0.15) is 0 Å². The van der Waals surface area contributed by atoms with Crippen LogP contribution in [0.3, 0.4) is 0 Å². The number of aliphatic carboxylic acids is 1. The average Bonchev–Trinajstić information content (AvgIpc) is 3.50. The number of anilines is 1. The number of hydrogen-bond acceptors (Lipinski definition) is 8. The number of amides is 2. The maximum absolute atomic E-state index is 14.1. The highest BCUT2D eigenvalue weighted by Gasteiger charge is 2.30. The smallest absolute Gasteiger partial charge is 0.322 e. The van der Waals surface area contributed by atoms with Gasteiger partial charge in [-0.05, 0) is 53.2 Å². The molecule has 3 aromatic carbocycles. The quantitative estimate of drug-likeness (QED) is 0.0968. The van der Waals surface area contributed by atoms with Crippen LogP contribution in [0.2, 0.25) is 0 Å². The largest absolute Gasteiger partial charge is 0.480 e. The van der Waals surface area contributed by atoms with Crippen molar-refractivity contribution in [1.29, 1.82) is 5.41 Å². The van der Waals surface area contributed by atoms with Gasteiger partial charge in [0.25, 0.3) is 15.9 Å². The number of nitrogens with one attached hydrogen (secondary N) is 3. The summed E-state index contributed by atoms with van der Waals surface area (Å²) in [5, 5.41) is 23.3. The van der Waals surface area contributed by atoms with Crippen molar-refractivity contribution in [3.05, 3.63) is 100 Å². The predicted octanol–water partition coefficient (Wildman–Crippen LogP) is 1.43. The zero-order valence-corrected chi connectivity index (χ0v) is 28.6. The van der Waals surface area contributed by atoms with Gasteiger partial charge in [0, 0.05) is 22.0 Å². The summed E-state index contributed by atoms with van der Waals surface area (Å²) in [4.78, 5) is 42.4. The number of nitrogens with zero attached hydrogens (tertiary/aromatic N) is 2. The third-order valence-electron chi connectivity index (χ3n) is 6.63. The van der Waals surface area contributed by atoms with Gasteiger partial charge in [-0.1, -0.05) is 36.4 Å². The first-order valence-electron chi connectivity index (χ1n) is 13.1. The summed E-state index contributed by atoms with van der Waals surface area (Å²) in [5.74, 6) is -2.51. The average molecular weight is 758 g/mol. The number of thiophene rings is 1. The minimum Gasteiger partial charge on any atom is -0.480 e. The van der Waals surface area contributed by atoms with E-state index in [0.29, 0.717) is 26.6 Å². The van der Waals surface area contributed by atoms with Crippen LogP contribution in [0.25, 0.3) is 21.7 Å². The van der Waals surface area contributed by atoms with E-state index in [4.69, 9.17) is 16.2 Å². The predicted molar refractivity (Wildman–Crippen MR) is 193 cm³/mol. The molecule has 49 heavy (non-hydrogen) atoms. The topological polar surface area (TPSA) is 290 Å². The summed E-state index contributed by atoms with van der Waals surface area (Å²) in [6, 6.07) is 21.2. The molecule has 0 aliphatic heterocycles. The van der Waals surface area contributed by atoms with Crippen LogP contribution in [0.4, 0.5) is 5.69 Å². The van der Waals surface area contributed by atoms with E-state index in [1.165, 1.54) is 29.7 Å². The molecule has 0 atom stereocenters. The number of nitrogen functional groups attached to an aromatic ring is 1. The molecular formula is C30H34Cl2N6O9S2. The zero-order valence-electron chi connectivity index (χ0n) is 25.3. The number of benzene rings is 3. The van der Waals surface area contributed by atoms with Crippen LogP contribution in [0.1, 0.15) is 20.1 Å². The Morgan fingerprint density at radius 2 is 1.57 bits per heavy atom. The molecule has 2 amide bonds. The van der Waals surface area contributed by atoms with Gasteiger partial charge in [0.2, 0.25) is 5.91 Å². The Morgan fingerprint density at radius 3 is 2.24 bits per heavy atom. The lowest BCUT2D eigenvalue weighted by molar-refractivity contribution is -0.137. The number of nitrogens with two attached hydrogens (primary N) is 1. The lowest BCUT2D eigenvalue weighted by Crippen LogP contribution is -2.42. The van der Waals surface area contributed by atoms with Crippen molar-refractivity contribution in [3.63, 3.8) is 0 Å². The van der Waals surface area contributed by atoms with E-state index in [9.17, 15) is 22.8 Å². The number of carboxylic acids is 1. The van der Waals surface area contributed by atoms with E-state index in [2.05, 4.69) is 15.6 Å². The van der Waals surface area contributed by atoms with Crippen molar-refractivity contribution in [2.45, 2.75) is 11.4 Å². The second kappa shape index (κ2) is 18.6. The zero-order chi connectivity index (χ0) is 31.4. The molecule has 0 saturated heterocycles. The summed E-state index contributed by atoms with van der Waals surface area (Å²) in [7, 11) is -4.39. The third kappa shape index (κ3) is 9.83. The summed E-state index contributed by atoms with van der Waals surface area (Å²) < 4.78 is 29.1. The monoisotopic (exact) mass is 756 g/mol. The number of amidine groups is 1. The number of carbonyl (C=O) groups excluding carboxylic acids is 2. The summed E-state index contributed by atoms with van der Waals surface area (Å²) >= 11 is 1.30. The summed E-state index contributed by atoms with van der Waals surface area (Å²) in [5.41, 5.74) is 6.22. The molecule has 0 aliphatic carbocycles. The van der Waals surface area contributed by atoms with Crippen molar-refractivity contribution in [2.24, 2.45) is 5.73 Å². The molecule has 0 bridgehead atoms. The molecule has 5 aromatic rings. The van der Waals surface area contributed by atoms with Crippen LogP contribution in [-0.2, 0) is 26.2 Å². The van der Waals surface area contributed by atoms with Crippen molar-refractivity contribution in [3.8, 4) is 0 Å². The van der Waals surface area contributed by atoms with Crippen LogP contribution >= 0.6 is 36.2 Å². The molecule has 0 saturated carbocycles. The van der Waals surface area contributed by atoms with E-state index in [0.717, 1.165) is 9.18 Å². The van der Waals surface area contributed by atoms with Crippen molar-refractivity contribution in [1.82, 2.24) is 15.6 Å². The second-order valence-corrected chi connectivity index (χ2v) is 12.6. The lowest BCUT2D eigenvalue weighted by atomic mass is 10.0. The first kappa shape index (κ1) is 44.1. The third-order valence-corrected chi connectivity index (χ3v) is 9.56. The number of aromatic nitrogens is 1. The number of halogens is 2. The number of fused-ring (bicyclic) bond motifs is 2. The molecule has 264 valence electrons. The van der Waals surface area contributed by atoms with Crippen molar-refractivity contribution in [2.75, 3.05) is 17.4 Å². The fraction of sp³-hybridized carbons (Fsp3) is 0.100. The first-order chi connectivity index (χ1) is 21.0. The number of pyridine rings is 1. The van der Waals surface area contributed by atoms with Crippen molar-refractivity contribution >= 4 is 97.2 Å². The molecule has 2 aromatic heterocycles. The molecule has 19 heteroatoms. The van der Waals surface area contributed by atoms with Gasteiger partial charge in [0.15, 0.2) is 0 Å². The van der Waals surface area contributed by atoms with Crippen LogP contribution < -0.4 is 20.7 Å². The SMILES string of the molecule is Cl.Cl.N=C(N)c1ccc(CNC(=O)c2cccc3cc(N(CC(=O)NCC(=O)O)S(=O)(=O)c4cccc5cccnc45)ccc23)s1.O.O.O. The Hall–Kier alpha value is -4.88. The van der Waals surface area contributed by atoms with Crippen LogP contribution in [0.5, 0.6) is 0 Å². The molecule has 15 nitrogen and oxygen atoms in total. The molecule has 0 aliphatic rings. The number of para-hydroxylation sites is 1. The normalized spacial score (nSPS) is 10.1. The van der Waals surface area contributed by atoms with Gasteiger partial charge in [0.05, 0.1) is 22.6 Å². The minimum absolute atomic E-state index is 0. The number of rotatable bonds is 11. The number of sulfonamides is 1. The first-order valence-corrected chi connectivity index (χ1v) is 15.4. The van der Waals surface area contributed by atoms with Gasteiger partial charge in [-0.3, -0.25) is 29.1 Å². The molecular weight excluding hydrogens is 723 g/mol. The van der Waals surface area contributed by atoms with E-state index >= 15 is 0 Å². The highest BCUT2D eigenvalue weighted by atomic mass is 35.5. The maximum atomic E-state index is 14.1. The van der Waals surface area contributed by atoms with E-state index < -0.39 is 35.0 Å². The molecule has 5 rings (SSSR count). The Morgan fingerprint density at radius 1 is 0.898 bits per heavy atom. The Bertz CT molecular complexity index is 2060. The van der Waals surface area contributed by atoms with Gasteiger partial charge < -0.3 is 37.9 Å². The molecule has 0 radical (unpaired) electrons. The highest BCUT2D eigenvalue weighted by Crippen LogP contribution is 2.31. The fourth-order valence-corrected chi connectivity index (χ4v) is 6.97. The molecule has 12 N–H and O–H groups in total. The van der Waals surface area contributed by atoms with E-state index in [1.807, 2.05) is 0 Å². The van der Waals surface area contributed by atoms with E-state index in [-0.39, 0.29) is 75.6 Å². The van der Waals surface area contributed by atoms with Crippen molar-refractivity contribution < 1.29 is 44.3 Å². The maximum Gasteiger partial charge on any atom is 0.322 e. The number of carboxylic acid groups (broad SMARTS) is 1. The van der Waals surface area contributed by atoms with Gasteiger partial charge >= 0.3 is 5.97 Å². The number of carbonyl (C=O) groups is 3. The molecule has 0 spiro atoms. The standard InChI is InChI=1S/C30H26N6O6S2.2ClH.3H2O/c31-29(32)24-12-10-21(43-24)15-35-30(40)23-7-1-5-19-14-20(9-11-22(19)23)36(17-26(37)34-16-27(38)39)44(41,42)25-8-2-4-18-6-3-13-33-28(18)25;;;;;/h1-14H,15-17H2,(H3,31,32)(H,34,37)(H,35,40)(H,38,39);2*1H;3*1H2. The lowest BCUT2D eigenvalue weighted by Gasteiger charge is -2.25. The van der Waals surface area contributed by atoms with E-state index in [1.54, 1.807) is 66.7 Å². The Labute approximate surface area is 296 Å². The van der Waals surface area contributed by atoms with Crippen LogP contribution in [0.15, 0.2) is 90.0 Å². The summed E-state index contributed by atoms with van der Waals surface area (Å²) in [6.45, 7) is -1.16. The Kier molecular flexibility index (Phi) is 16.8. The highest BCUT2D eigenvalue weighted by molar-refractivity contribution is 7.93. The Balaban J connectivity index is 0.00000461. The fourth-order valence-electron chi connectivity index (χ4n) is 4.58. The molecule has 2 heterocycles. The molecule has 0 fully saturated rings. The van der Waals surface area contributed by atoms with Gasteiger partial charge in [-0.15, -0.1) is 36.2 Å². The van der Waals surface area contributed by atoms with Gasteiger partial charge in [-0.25, -0.2) is 8.42 Å². The van der Waals surface area contributed by atoms with Gasteiger partial charge in [0.1, 0.15) is 23.8 Å². The number of hydrogen-bond donors (Lipinski definition) is 5.